The van der Waals surface area contributed by atoms with Gasteiger partial charge in [0.2, 0.25) is 5.91 Å². The third-order valence-electron chi connectivity index (χ3n) is 3.62. The molecule has 2 unspecified atom stereocenters. The Bertz CT molecular complexity index is 255. The molecule has 0 radical (unpaired) electrons. The molecule has 1 saturated heterocycles. The van der Waals surface area contributed by atoms with Crippen molar-refractivity contribution in [2.75, 3.05) is 12.3 Å². The first-order valence-corrected chi connectivity index (χ1v) is 6.86. The number of nitrogens with one attached hydrogen (secondary N) is 1. The number of carbonyl (C=O) groups excluding carboxylic acids is 1. The van der Waals surface area contributed by atoms with E-state index in [1.165, 1.54) is 12.8 Å². The van der Waals surface area contributed by atoms with Crippen LogP contribution in [0.1, 0.15) is 32.6 Å². The molecule has 86 valence electrons. The van der Waals surface area contributed by atoms with Gasteiger partial charge in [-0.25, -0.2) is 0 Å². The van der Waals surface area contributed by atoms with Crippen LogP contribution in [0.2, 0.25) is 0 Å². The van der Waals surface area contributed by atoms with Crippen LogP contribution in [0.4, 0.5) is 0 Å². The van der Waals surface area contributed by atoms with E-state index in [2.05, 4.69) is 12.2 Å². The molecule has 3 nitrogen and oxygen atoms in total. The standard InChI is InChI=1S/C11H20N2OS/c1-8-11(10(12)14,5-2-6-15-8)13-7-9-3-4-9/h8-9,13H,2-7H2,1H3,(H2,12,14). The Hall–Kier alpha value is -0.220. The Morgan fingerprint density at radius 3 is 2.87 bits per heavy atom. The largest absolute Gasteiger partial charge is 0.368 e. The molecule has 2 aliphatic rings. The smallest absolute Gasteiger partial charge is 0.238 e. The molecule has 1 saturated carbocycles. The van der Waals surface area contributed by atoms with E-state index in [9.17, 15) is 4.79 Å². The molecule has 3 N–H and O–H groups in total. The van der Waals surface area contributed by atoms with Crippen LogP contribution in [0.15, 0.2) is 0 Å². The van der Waals surface area contributed by atoms with Crippen molar-refractivity contribution in [1.29, 1.82) is 0 Å². The van der Waals surface area contributed by atoms with Crippen molar-refractivity contribution in [3.8, 4) is 0 Å². The van der Waals surface area contributed by atoms with Crippen LogP contribution in [0.5, 0.6) is 0 Å². The number of primary amides is 1. The van der Waals surface area contributed by atoms with Crippen molar-refractivity contribution in [3.05, 3.63) is 0 Å². The van der Waals surface area contributed by atoms with E-state index < -0.39 is 5.54 Å². The quantitative estimate of drug-likeness (QED) is 0.758. The Labute approximate surface area is 95.6 Å². The number of rotatable bonds is 4. The first kappa shape index (κ1) is 11.3. The minimum absolute atomic E-state index is 0.164. The number of nitrogens with two attached hydrogens (primary N) is 1. The maximum atomic E-state index is 11.7. The molecule has 1 amide bonds. The van der Waals surface area contributed by atoms with Gasteiger partial charge in [-0.15, -0.1) is 0 Å². The maximum absolute atomic E-state index is 11.7. The molecule has 1 aliphatic carbocycles. The molecule has 0 aromatic heterocycles. The topological polar surface area (TPSA) is 55.1 Å². The van der Waals surface area contributed by atoms with Gasteiger partial charge in [0, 0.05) is 5.25 Å². The summed E-state index contributed by atoms with van der Waals surface area (Å²) in [5.74, 6) is 1.78. The van der Waals surface area contributed by atoms with Crippen LogP contribution in [0, 0.1) is 5.92 Å². The fourth-order valence-electron chi connectivity index (χ4n) is 2.25. The zero-order chi connectivity index (χ0) is 10.9. The fourth-order valence-corrected chi connectivity index (χ4v) is 3.51. The van der Waals surface area contributed by atoms with Gasteiger partial charge in [-0.1, -0.05) is 6.92 Å². The van der Waals surface area contributed by atoms with E-state index in [1.807, 2.05) is 11.8 Å². The van der Waals surface area contributed by atoms with Crippen molar-refractivity contribution in [2.24, 2.45) is 11.7 Å². The second-order valence-electron chi connectivity index (χ2n) is 4.78. The highest BCUT2D eigenvalue weighted by Crippen LogP contribution is 2.35. The van der Waals surface area contributed by atoms with E-state index in [1.54, 1.807) is 0 Å². The van der Waals surface area contributed by atoms with E-state index in [4.69, 9.17) is 5.73 Å². The summed E-state index contributed by atoms with van der Waals surface area (Å²) >= 11 is 1.86. The fraction of sp³-hybridized carbons (Fsp3) is 0.909. The van der Waals surface area contributed by atoms with E-state index in [0.29, 0.717) is 5.25 Å². The number of hydrogen-bond acceptors (Lipinski definition) is 3. The van der Waals surface area contributed by atoms with E-state index in [0.717, 1.165) is 31.1 Å². The highest BCUT2D eigenvalue weighted by atomic mass is 32.2. The average Bonchev–Trinajstić information content (AvgIpc) is 3.00. The van der Waals surface area contributed by atoms with Gasteiger partial charge >= 0.3 is 0 Å². The van der Waals surface area contributed by atoms with Crippen LogP contribution in [0.3, 0.4) is 0 Å². The summed E-state index contributed by atoms with van der Waals surface area (Å²) in [7, 11) is 0. The summed E-state index contributed by atoms with van der Waals surface area (Å²) in [5.41, 5.74) is 5.15. The lowest BCUT2D eigenvalue weighted by Gasteiger charge is -2.40. The lowest BCUT2D eigenvalue weighted by Crippen LogP contribution is -2.62. The summed E-state index contributed by atoms with van der Waals surface area (Å²) in [6, 6.07) is 0. The van der Waals surface area contributed by atoms with Crippen LogP contribution in [-0.2, 0) is 4.79 Å². The highest BCUT2D eigenvalue weighted by molar-refractivity contribution is 8.00. The maximum Gasteiger partial charge on any atom is 0.238 e. The van der Waals surface area contributed by atoms with Gasteiger partial charge in [-0.3, -0.25) is 4.79 Å². The number of amides is 1. The first-order chi connectivity index (χ1) is 7.15. The van der Waals surface area contributed by atoms with E-state index >= 15 is 0 Å². The minimum Gasteiger partial charge on any atom is -0.368 e. The molecule has 1 aliphatic heterocycles. The molecule has 0 aromatic rings. The SMILES string of the molecule is CC1SCCCC1(NCC1CC1)C(N)=O. The molecule has 0 bridgehead atoms. The van der Waals surface area contributed by atoms with Crippen molar-refractivity contribution in [3.63, 3.8) is 0 Å². The summed E-state index contributed by atoms with van der Waals surface area (Å²) in [4.78, 5) is 11.7. The Kier molecular flexibility index (Phi) is 3.26. The molecule has 2 fully saturated rings. The Balaban J connectivity index is 2.02. The predicted molar refractivity (Wildman–Crippen MR) is 63.8 cm³/mol. The van der Waals surface area contributed by atoms with Crippen LogP contribution >= 0.6 is 11.8 Å². The normalized spacial score (nSPS) is 36.5. The van der Waals surface area contributed by atoms with Gasteiger partial charge in [-0.2, -0.15) is 11.8 Å². The van der Waals surface area contributed by atoms with Crippen molar-refractivity contribution in [1.82, 2.24) is 5.32 Å². The highest BCUT2D eigenvalue weighted by Gasteiger charge is 2.44. The lowest BCUT2D eigenvalue weighted by atomic mass is 9.88. The van der Waals surface area contributed by atoms with Gasteiger partial charge in [0.05, 0.1) is 0 Å². The molecule has 0 aromatic carbocycles. The molecule has 1 heterocycles. The molecule has 2 rings (SSSR count). The zero-order valence-electron chi connectivity index (χ0n) is 9.29. The summed E-state index contributed by atoms with van der Waals surface area (Å²) in [6.07, 6.45) is 4.62. The van der Waals surface area contributed by atoms with Crippen LogP contribution in [-0.4, -0.2) is 29.0 Å². The monoisotopic (exact) mass is 228 g/mol. The average molecular weight is 228 g/mol. The van der Waals surface area contributed by atoms with E-state index in [-0.39, 0.29) is 5.91 Å². The first-order valence-electron chi connectivity index (χ1n) is 5.82. The Morgan fingerprint density at radius 2 is 2.33 bits per heavy atom. The van der Waals surface area contributed by atoms with Crippen molar-refractivity contribution < 1.29 is 4.79 Å². The second-order valence-corrected chi connectivity index (χ2v) is 6.23. The summed E-state index contributed by atoms with van der Waals surface area (Å²) in [5, 5.41) is 3.76. The summed E-state index contributed by atoms with van der Waals surface area (Å²) in [6.45, 7) is 3.09. The van der Waals surface area contributed by atoms with Gasteiger partial charge in [0.15, 0.2) is 0 Å². The summed E-state index contributed by atoms with van der Waals surface area (Å²) < 4.78 is 0. The number of carbonyl (C=O) groups is 1. The molecular formula is C11H20N2OS. The minimum atomic E-state index is -0.439. The third-order valence-corrected chi connectivity index (χ3v) is 5.05. The zero-order valence-corrected chi connectivity index (χ0v) is 10.1. The second kappa shape index (κ2) is 4.34. The van der Waals surface area contributed by atoms with Crippen LogP contribution in [0.25, 0.3) is 0 Å². The predicted octanol–water partition coefficient (Wildman–Crippen LogP) is 1.13. The molecule has 0 spiro atoms. The molecule has 15 heavy (non-hydrogen) atoms. The van der Waals surface area contributed by atoms with Gasteiger partial charge < -0.3 is 11.1 Å². The molecule has 2 atom stereocenters. The Morgan fingerprint density at radius 1 is 1.60 bits per heavy atom. The van der Waals surface area contributed by atoms with Gasteiger partial charge in [0.1, 0.15) is 5.54 Å². The molecule has 4 heteroatoms. The van der Waals surface area contributed by atoms with Crippen molar-refractivity contribution >= 4 is 17.7 Å². The van der Waals surface area contributed by atoms with Gasteiger partial charge in [-0.05, 0) is 43.9 Å². The number of thioether (sulfide) groups is 1. The molecular weight excluding hydrogens is 208 g/mol. The van der Waals surface area contributed by atoms with Gasteiger partial charge in [0.25, 0.3) is 0 Å². The number of hydrogen-bond donors (Lipinski definition) is 2. The third kappa shape index (κ3) is 2.31. The van der Waals surface area contributed by atoms with Crippen LogP contribution < -0.4 is 11.1 Å². The lowest BCUT2D eigenvalue weighted by molar-refractivity contribution is -0.124. The van der Waals surface area contributed by atoms with Crippen molar-refractivity contribution in [2.45, 2.75) is 43.4 Å².